The number of nitrogens with zero attached hydrogens (tertiary/aromatic N) is 1. The van der Waals surface area contributed by atoms with E-state index < -0.39 is 0 Å². The first-order chi connectivity index (χ1) is 14.2. The zero-order valence-electron chi connectivity index (χ0n) is 17.3. The highest BCUT2D eigenvalue weighted by atomic mass is 127. The van der Waals surface area contributed by atoms with Gasteiger partial charge >= 0.3 is 0 Å². The molecule has 1 amide bonds. The standard InChI is InChI=1S/C22H28N4O3.HI/c1-23-22(24-14-16-7-9-18(10-8-16)29-12-11-28-2)25-15-17-13-21(27)26-20-6-4-3-5-19(17)20;/h3-10,17H,11-15H2,1-2H3,(H,26,27)(H2,23,24,25);1H. The van der Waals surface area contributed by atoms with Gasteiger partial charge in [-0.05, 0) is 29.3 Å². The van der Waals surface area contributed by atoms with Gasteiger partial charge in [-0.3, -0.25) is 9.79 Å². The van der Waals surface area contributed by atoms with Gasteiger partial charge in [-0.2, -0.15) is 0 Å². The van der Waals surface area contributed by atoms with Crippen LogP contribution in [0.1, 0.15) is 23.5 Å². The zero-order chi connectivity index (χ0) is 20.5. The summed E-state index contributed by atoms with van der Waals surface area (Å²) < 4.78 is 10.6. The molecule has 0 radical (unpaired) electrons. The average Bonchev–Trinajstić information content (AvgIpc) is 2.74. The largest absolute Gasteiger partial charge is 0.491 e. The number of halogens is 1. The number of para-hydroxylation sites is 1. The van der Waals surface area contributed by atoms with Gasteiger partial charge in [-0.25, -0.2) is 0 Å². The van der Waals surface area contributed by atoms with E-state index in [-0.39, 0.29) is 35.8 Å². The molecule has 0 aliphatic carbocycles. The van der Waals surface area contributed by atoms with Crippen LogP contribution in [0.3, 0.4) is 0 Å². The average molecular weight is 524 g/mol. The summed E-state index contributed by atoms with van der Waals surface area (Å²) in [5.41, 5.74) is 3.17. The predicted octanol–water partition coefficient (Wildman–Crippen LogP) is 3.12. The molecule has 7 nitrogen and oxygen atoms in total. The Morgan fingerprint density at radius 3 is 2.63 bits per heavy atom. The van der Waals surface area contributed by atoms with E-state index in [1.165, 1.54) is 0 Å². The number of fused-ring (bicyclic) bond motifs is 1. The molecule has 1 aliphatic heterocycles. The lowest BCUT2D eigenvalue weighted by molar-refractivity contribution is -0.116. The molecule has 0 fully saturated rings. The first-order valence-corrected chi connectivity index (χ1v) is 9.73. The lowest BCUT2D eigenvalue weighted by atomic mass is 9.90. The zero-order valence-corrected chi connectivity index (χ0v) is 19.6. The van der Waals surface area contributed by atoms with Gasteiger partial charge in [0, 0.05) is 45.3 Å². The van der Waals surface area contributed by atoms with Crippen molar-refractivity contribution in [1.29, 1.82) is 0 Å². The van der Waals surface area contributed by atoms with Gasteiger partial charge < -0.3 is 25.4 Å². The number of methoxy groups -OCH3 is 1. The number of benzene rings is 2. The van der Waals surface area contributed by atoms with Crippen LogP contribution in [0.5, 0.6) is 5.75 Å². The van der Waals surface area contributed by atoms with E-state index in [9.17, 15) is 4.79 Å². The van der Waals surface area contributed by atoms with Crippen LogP contribution in [0, 0.1) is 0 Å². The van der Waals surface area contributed by atoms with Crippen molar-refractivity contribution in [2.75, 3.05) is 39.2 Å². The summed E-state index contributed by atoms with van der Waals surface area (Å²) in [6.07, 6.45) is 0.464. The lowest BCUT2D eigenvalue weighted by Crippen LogP contribution is -2.40. The number of carbonyl (C=O) groups excluding carboxylic acids is 1. The Labute approximate surface area is 194 Å². The molecule has 2 aromatic carbocycles. The first kappa shape index (κ1) is 23.9. The molecule has 0 saturated carbocycles. The fourth-order valence-electron chi connectivity index (χ4n) is 3.26. The Morgan fingerprint density at radius 2 is 1.90 bits per heavy atom. The second kappa shape index (κ2) is 12.4. The molecule has 162 valence electrons. The second-order valence-corrected chi connectivity index (χ2v) is 6.83. The molecule has 1 unspecified atom stereocenters. The Balaban J connectivity index is 0.00000320. The van der Waals surface area contributed by atoms with Crippen LogP contribution >= 0.6 is 24.0 Å². The second-order valence-electron chi connectivity index (χ2n) is 6.83. The topological polar surface area (TPSA) is 84.0 Å². The van der Waals surface area contributed by atoms with E-state index in [1.807, 2.05) is 42.5 Å². The number of nitrogens with one attached hydrogen (secondary N) is 3. The monoisotopic (exact) mass is 524 g/mol. The summed E-state index contributed by atoms with van der Waals surface area (Å²) in [5, 5.41) is 9.58. The molecule has 8 heteroatoms. The normalized spacial score (nSPS) is 15.5. The van der Waals surface area contributed by atoms with Gasteiger partial charge in [-0.15, -0.1) is 24.0 Å². The molecule has 1 atom stereocenters. The number of carbonyl (C=O) groups is 1. The molecule has 0 aromatic heterocycles. The summed E-state index contributed by atoms with van der Waals surface area (Å²) in [6, 6.07) is 15.9. The summed E-state index contributed by atoms with van der Waals surface area (Å²) in [6.45, 7) is 2.38. The maximum atomic E-state index is 12.0. The summed E-state index contributed by atoms with van der Waals surface area (Å²) in [5.74, 6) is 1.68. The van der Waals surface area contributed by atoms with Crippen LogP contribution < -0.4 is 20.7 Å². The van der Waals surface area contributed by atoms with Crippen molar-refractivity contribution in [3.05, 3.63) is 59.7 Å². The molecular formula is C22H29IN4O3. The van der Waals surface area contributed by atoms with Crippen LogP contribution in [0.15, 0.2) is 53.5 Å². The van der Waals surface area contributed by atoms with Crippen molar-refractivity contribution < 1.29 is 14.3 Å². The van der Waals surface area contributed by atoms with E-state index in [1.54, 1.807) is 14.2 Å². The van der Waals surface area contributed by atoms with Gasteiger partial charge in [0.1, 0.15) is 12.4 Å². The third-order valence-electron chi connectivity index (χ3n) is 4.79. The maximum absolute atomic E-state index is 12.0. The van der Waals surface area contributed by atoms with Crippen molar-refractivity contribution in [2.24, 2.45) is 4.99 Å². The molecule has 30 heavy (non-hydrogen) atoms. The Kier molecular flexibility index (Phi) is 9.88. The number of ether oxygens (including phenoxy) is 2. The van der Waals surface area contributed by atoms with Crippen LogP contribution in [0.25, 0.3) is 0 Å². The summed E-state index contributed by atoms with van der Waals surface area (Å²) in [4.78, 5) is 16.3. The van der Waals surface area contributed by atoms with Crippen LogP contribution in [-0.4, -0.2) is 45.8 Å². The minimum atomic E-state index is 0. The van der Waals surface area contributed by atoms with Crippen molar-refractivity contribution in [1.82, 2.24) is 10.6 Å². The number of guanidine groups is 1. The SMILES string of the molecule is CN=C(NCc1ccc(OCCOC)cc1)NCC1CC(=O)Nc2ccccc21.I. The van der Waals surface area contributed by atoms with E-state index in [2.05, 4.69) is 27.0 Å². The number of amides is 1. The molecular weight excluding hydrogens is 495 g/mol. The number of anilines is 1. The molecule has 2 aromatic rings. The Morgan fingerprint density at radius 1 is 1.13 bits per heavy atom. The minimum Gasteiger partial charge on any atom is -0.491 e. The van der Waals surface area contributed by atoms with Gasteiger partial charge in [0.2, 0.25) is 5.91 Å². The third-order valence-corrected chi connectivity index (χ3v) is 4.79. The fraction of sp³-hybridized carbons (Fsp3) is 0.364. The molecule has 0 bridgehead atoms. The van der Waals surface area contributed by atoms with E-state index in [4.69, 9.17) is 9.47 Å². The third kappa shape index (κ3) is 6.88. The highest BCUT2D eigenvalue weighted by Crippen LogP contribution is 2.31. The molecule has 3 rings (SSSR count). The van der Waals surface area contributed by atoms with Gasteiger partial charge in [-0.1, -0.05) is 30.3 Å². The fourth-order valence-corrected chi connectivity index (χ4v) is 3.26. The highest BCUT2D eigenvalue weighted by Gasteiger charge is 2.24. The molecule has 0 saturated heterocycles. The van der Waals surface area contributed by atoms with E-state index >= 15 is 0 Å². The Hall–Kier alpha value is -2.33. The van der Waals surface area contributed by atoms with Crippen LogP contribution in [0.4, 0.5) is 5.69 Å². The van der Waals surface area contributed by atoms with Gasteiger partial charge in [0.25, 0.3) is 0 Å². The first-order valence-electron chi connectivity index (χ1n) is 9.73. The van der Waals surface area contributed by atoms with Gasteiger partial charge in [0.05, 0.1) is 6.61 Å². The molecule has 3 N–H and O–H groups in total. The highest BCUT2D eigenvalue weighted by molar-refractivity contribution is 14.0. The lowest BCUT2D eigenvalue weighted by Gasteiger charge is -2.26. The number of rotatable bonds is 8. The van der Waals surface area contributed by atoms with Crippen molar-refractivity contribution >= 4 is 41.5 Å². The number of hydrogen-bond acceptors (Lipinski definition) is 4. The smallest absolute Gasteiger partial charge is 0.225 e. The molecule has 0 spiro atoms. The summed E-state index contributed by atoms with van der Waals surface area (Å²) in [7, 11) is 3.39. The van der Waals surface area contributed by atoms with Crippen molar-refractivity contribution in [2.45, 2.75) is 18.9 Å². The summed E-state index contributed by atoms with van der Waals surface area (Å²) >= 11 is 0. The van der Waals surface area contributed by atoms with Crippen LogP contribution in [0.2, 0.25) is 0 Å². The van der Waals surface area contributed by atoms with E-state index in [0.717, 1.165) is 22.6 Å². The van der Waals surface area contributed by atoms with E-state index in [0.29, 0.717) is 38.7 Å². The minimum absolute atomic E-state index is 0. The van der Waals surface area contributed by atoms with Crippen molar-refractivity contribution in [3.63, 3.8) is 0 Å². The maximum Gasteiger partial charge on any atom is 0.225 e. The quantitative estimate of drug-likeness (QED) is 0.214. The molecule has 1 aliphatic rings. The van der Waals surface area contributed by atoms with Gasteiger partial charge in [0.15, 0.2) is 5.96 Å². The number of aliphatic imine (C=N–C) groups is 1. The number of hydrogen-bond donors (Lipinski definition) is 3. The predicted molar refractivity (Wildman–Crippen MR) is 130 cm³/mol. The van der Waals surface area contributed by atoms with Crippen molar-refractivity contribution in [3.8, 4) is 5.75 Å². The molecule has 1 heterocycles. The Bertz CT molecular complexity index is 843. The van der Waals surface area contributed by atoms with Crippen LogP contribution in [-0.2, 0) is 16.1 Å².